The number of aromatic nitrogens is 2. The number of hydrogen-bond acceptors (Lipinski definition) is 4. The van der Waals surface area contributed by atoms with Gasteiger partial charge in [0.05, 0.1) is 16.8 Å². The van der Waals surface area contributed by atoms with Gasteiger partial charge < -0.3 is 10.1 Å². The zero-order valence-corrected chi connectivity index (χ0v) is 13.8. The molecule has 0 fully saturated rings. The average molecular weight is 354 g/mol. The summed E-state index contributed by atoms with van der Waals surface area (Å²) in [7, 11) is 1.60. The van der Waals surface area contributed by atoms with E-state index >= 15 is 0 Å². The Morgan fingerprint density at radius 3 is 2.67 bits per heavy atom. The normalized spacial score (nSPS) is 10.7. The Kier molecular flexibility index (Phi) is 5.25. The zero-order chi connectivity index (χ0) is 15.4. The minimum absolute atomic E-state index is 0.296. The summed E-state index contributed by atoms with van der Waals surface area (Å²) in [6.07, 6.45) is 0. The SMILES string of the molecule is CCNc1nc(-c2cc(C)cc(F)c2)nc(COC)c1Br. The van der Waals surface area contributed by atoms with Gasteiger partial charge in [-0.1, -0.05) is 0 Å². The predicted molar refractivity (Wildman–Crippen MR) is 84.7 cm³/mol. The van der Waals surface area contributed by atoms with Gasteiger partial charge in [-0.15, -0.1) is 0 Å². The molecule has 2 aromatic rings. The molecule has 0 aliphatic rings. The molecule has 0 bridgehead atoms. The molecule has 21 heavy (non-hydrogen) atoms. The third-order valence-corrected chi connectivity index (χ3v) is 3.68. The van der Waals surface area contributed by atoms with Gasteiger partial charge in [0.15, 0.2) is 5.82 Å². The fourth-order valence-electron chi connectivity index (χ4n) is 2.01. The highest BCUT2D eigenvalue weighted by atomic mass is 79.9. The van der Waals surface area contributed by atoms with Gasteiger partial charge in [0.25, 0.3) is 0 Å². The number of aryl methyl sites for hydroxylation is 1. The van der Waals surface area contributed by atoms with Crippen molar-refractivity contribution in [3.8, 4) is 11.4 Å². The van der Waals surface area contributed by atoms with Crippen LogP contribution < -0.4 is 5.32 Å². The molecule has 0 aliphatic carbocycles. The lowest BCUT2D eigenvalue weighted by atomic mass is 10.1. The van der Waals surface area contributed by atoms with Crippen molar-refractivity contribution in [1.82, 2.24) is 9.97 Å². The molecule has 0 atom stereocenters. The molecule has 1 heterocycles. The third kappa shape index (κ3) is 3.77. The Morgan fingerprint density at radius 1 is 1.29 bits per heavy atom. The maximum atomic E-state index is 13.6. The number of benzene rings is 1. The van der Waals surface area contributed by atoms with Gasteiger partial charge >= 0.3 is 0 Å². The van der Waals surface area contributed by atoms with E-state index in [9.17, 15) is 4.39 Å². The Balaban J connectivity index is 2.56. The molecule has 0 radical (unpaired) electrons. The molecule has 1 aromatic heterocycles. The number of nitrogens with one attached hydrogen (secondary N) is 1. The van der Waals surface area contributed by atoms with Gasteiger partial charge in [-0.2, -0.15) is 0 Å². The average Bonchev–Trinajstić information content (AvgIpc) is 2.42. The van der Waals surface area contributed by atoms with Crippen LogP contribution in [-0.4, -0.2) is 23.6 Å². The fraction of sp³-hybridized carbons (Fsp3) is 0.333. The Morgan fingerprint density at radius 2 is 2.05 bits per heavy atom. The summed E-state index contributed by atoms with van der Waals surface area (Å²) in [5.74, 6) is 0.857. The molecule has 4 nitrogen and oxygen atoms in total. The van der Waals surface area contributed by atoms with E-state index in [-0.39, 0.29) is 5.82 Å². The van der Waals surface area contributed by atoms with Crippen molar-refractivity contribution in [2.24, 2.45) is 0 Å². The zero-order valence-electron chi connectivity index (χ0n) is 12.2. The highest BCUT2D eigenvalue weighted by Gasteiger charge is 2.14. The van der Waals surface area contributed by atoms with E-state index in [0.717, 1.165) is 22.3 Å². The molecule has 0 aliphatic heterocycles. The number of halogens is 2. The molecule has 0 saturated carbocycles. The van der Waals surface area contributed by atoms with Crippen LogP contribution >= 0.6 is 15.9 Å². The second kappa shape index (κ2) is 6.95. The first-order chi connectivity index (χ1) is 10.0. The largest absolute Gasteiger partial charge is 0.378 e. The van der Waals surface area contributed by atoms with Crippen molar-refractivity contribution < 1.29 is 9.13 Å². The molecular weight excluding hydrogens is 337 g/mol. The van der Waals surface area contributed by atoms with E-state index in [0.29, 0.717) is 23.8 Å². The molecule has 112 valence electrons. The molecule has 0 spiro atoms. The van der Waals surface area contributed by atoms with Crippen LogP contribution in [0.25, 0.3) is 11.4 Å². The van der Waals surface area contributed by atoms with Crippen molar-refractivity contribution in [2.75, 3.05) is 19.0 Å². The molecule has 0 unspecified atom stereocenters. The lowest BCUT2D eigenvalue weighted by Crippen LogP contribution is -2.07. The highest BCUT2D eigenvalue weighted by molar-refractivity contribution is 9.10. The van der Waals surface area contributed by atoms with Crippen LogP contribution in [0.5, 0.6) is 0 Å². The van der Waals surface area contributed by atoms with Crippen molar-refractivity contribution >= 4 is 21.7 Å². The Labute approximate surface area is 131 Å². The minimum Gasteiger partial charge on any atom is -0.378 e. The lowest BCUT2D eigenvalue weighted by molar-refractivity contribution is 0.181. The Bertz CT molecular complexity index is 602. The van der Waals surface area contributed by atoms with Crippen LogP contribution in [0.1, 0.15) is 18.2 Å². The van der Waals surface area contributed by atoms with E-state index in [1.807, 2.05) is 19.9 Å². The van der Waals surface area contributed by atoms with Gasteiger partial charge in [0.1, 0.15) is 11.6 Å². The molecule has 1 aromatic carbocycles. The number of ether oxygens (including phenoxy) is 1. The van der Waals surface area contributed by atoms with Crippen molar-refractivity contribution in [2.45, 2.75) is 20.5 Å². The summed E-state index contributed by atoms with van der Waals surface area (Å²) in [6.45, 7) is 4.90. The van der Waals surface area contributed by atoms with Crippen molar-refractivity contribution in [3.63, 3.8) is 0 Å². The molecule has 6 heteroatoms. The van der Waals surface area contributed by atoms with Crippen LogP contribution in [0, 0.1) is 12.7 Å². The van der Waals surface area contributed by atoms with E-state index < -0.39 is 0 Å². The molecule has 1 N–H and O–H groups in total. The standard InChI is InChI=1S/C15H17BrFN3O/c1-4-18-15-13(16)12(8-21-3)19-14(20-15)10-5-9(2)6-11(17)7-10/h5-7H,4,8H2,1-3H3,(H,18,19,20). The van der Waals surface area contributed by atoms with Gasteiger partial charge in [0.2, 0.25) is 0 Å². The maximum Gasteiger partial charge on any atom is 0.162 e. The first-order valence-electron chi connectivity index (χ1n) is 6.62. The van der Waals surface area contributed by atoms with Crippen molar-refractivity contribution in [1.29, 1.82) is 0 Å². The first-order valence-corrected chi connectivity index (χ1v) is 7.41. The topological polar surface area (TPSA) is 47.0 Å². The van der Waals surface area contributed by atoms with Gasteiger partial charge in [-0.05, 0) is 53.5 Å². The van der Waals surface area contributed by atoms with Gasteiger partial charge in [-0.3, -0.25) is 0 Å². The second-order valence-corrected chi connectivity index (χ2v) is 5.43. The minimum atomic E-state index is -0.296. The summed E-state index contributed by atoms with van der Waals surface area (Å²) in [6, 6.07) is 4.77. The Hall–Kier alpha value is -1.53. The van der Waals surface area contributed by atoms with E-state index in [1.54, 1.807) is 7.11 Å². The predicted octanol–water partition coefficient (Wildman–Crippen LogP) is 3.93. The van der Waals surface area contributed by atoms with Crippen LogP contribution in [0.3, 0.4) is 0 Å². The number of nitrogens with zero attached hydrogens (tertiary/aromatic N) is 2. The van der Waals surface area contributed by atoms with Crippen LogP contribution in [-0.2, 0) is 11.3 Å². The van der Waals surface area contributed by atoms with Crippen LogP contribution in [0.15, 0.2) is 22.7 Å². The summed E-state index contributed by atoms with van der Waals surface area (Å²) in [5.41, 5.74) is 2.20. The lowest BCUT2D eigenvalue weighted by Gasteiger charge is -2.12. The van der Waals surface area contributed by atoms with Gasteiger partial charge in [-0.25, -0.2) is 14.4 Å². The molecule has 0 amide bonds. The van der Waals surface area contributed by atoms with E-state index in [2.05, 4.69) is 31.2 Å². The molecule has 0 saturated heterocycles. The van der Waals surface area contributed by atoms with Crippen LogP contribution in [0.2, 0.25) is 0 Å². The quantitative estimate of drug-likeness (QED) is 0.884. The van der Waals surface area contributed by atoms with Crippen LogP contribution in [0.4, 0.5) is 10.2 Å². The van der Waals surface area contributed by atoms with Crippen molar-refractivity contribution in [3.05, 3.63) is 39.7 Å². The number of hydrogen-bond donors (Lipinski definition) is 1. The summed E-state index contributed by atoms with van der Waals surface area (Å²) in [4.78, 5) is 8.93. The maximum absolute atomic E-state index is 13.6. The number of methoxy groups -OCH3 is 1. The molecule has 2 rings (SSSR count). The highest BCUT2D eigenvalue weighted by Crippen LogP contribution is 2.28. The third-order valence-electron chi connectivity index (χ3n) is 2.85. The number of rotatable bonds is 5. The monoisotopic (exact) mass is 353 g/mol. The second-order valence-electron chi connectivity index (χ2n) is 4.64. The number of anilines is 1. The summed E-state index contributed by atoms with van der Waals surface area (Å²) >= 11 is 3.48. The van der Waals surface area contributed by atoms with E-state index in [4.69, 9.17) is 4.74 Å². The van der Waals surface area contributed by atoms with Gasteiger partial charge in [0, 0.05) is 19.2 Å². The summed E-state index contributed by atoms with van der Waals surface area (Å²) in [5, 5.41) is 3.17. The first kappa shape index (κ1) is 15.9. The smallest absolute Gasteiger partial charge is 0.162 e. The summed E-state index contributed by atoms with van der Waals surface area (Å²) < 4.78 is 19.5. The fourth-order valence-corrected chi connectivity index (χ4v) is 2.44. The molecular formula is C15H17BrFN3O. The van der Waals surface area contributed by atoms with E-state index in [1.165, 1.54) is 12.1 Å².